The van der Waals surface area contributed by atoms with Crippen LogP contribution in [-0.2, 0) is 24.0 Å². The maximum Gasteiger partial charge on any atom is 0.411 e. The molecule has 7 aliphatic rings. The molecule has 4 bridgehead atoms. The van der Waals surface area contributed by atoms with Crippen LogP contribution >= 0.6 is 11.6 Å². The largest absolute Gasteiger partial charge is 0.497 e. The first-order valence-corrected chi connectivity index (χ1v) is 18.7. The molecule has 10 rings (SSSR count). The molecule has 10 heteroatoms. The molecule has 3 atom stereocenters. The lowest BCUT2D eigenvalue weighted by Crippen LogP contribution is -2.59. The fourth-order valence-corrected chi connectivity index (χ4v) is 10.4. The molecule has 3 aromatic rings. The van der Waals surface area contributed by atoms with E-state index in [2.05, 4.69) is 5.32 Å². The lowest BCUT2D eigenvalue weighted by atomic mass is 9.53. The molecule has 0 aromatic heterocycles. The highest BCUT2D eigenvalue weighted by Gasteiger charge is 2.67. The minimum Gasteiger partial charge on any atom is -0.497 e. The number of halogens is 1. The monoisotopic (exact) mass is 698 g/mol. The fourth-order valence-electron chi connectivity index (χ4n) is 10.2. The molecule has 3 aromatic carbocycles. The number of amides is 2. The van der Waals surface area contributed by atoms with Crippen LogP contribution in [0.4, 0.5) is 16.2 Å². The minimum atomic E-state index is -0.893. The van der Waals surface area contributed by atoms with Crippen LogP contribution in [-0.4, -0.2) is 49.2 Å². The van der Waals surface area contributed by atoms with E-state index >= 15 is 0 Å². The van der Waals surface area contributed by atoms with E-state index in [9.17, 15) is 9.59 Å². The maximum absolute atomic E-state index is 13.6. The Morgan fingerprint density at radius 1 is 1.00 bits per heavy atom. The Hall–Kier alpha value is -3.63. The lowest BCUT2D eigenvalue weighted by Gasteiger charge is -2.57. The van der Waals surface area contributed by atoms with Gasteiger partial charge >= 0.3 is 6.09 Å². The second kappa shape index (κ2) is 12.5. The third kappa shape index (κ3) is 5.48. The summed E-state index contributed by atoms with van der Waals surface area (Å²) in [4.78, 5) is 41.3. The second-order valence-electron chi connectivity index (χ2n) is 15.3. The Bertz CT molecular complexity index is 1820. The molecule has 1 saturated heterocycles. The van der Waals surface area contributed by atoms with Gasteiger partial charge in [0.25, 0.3) is 5.91 Å². The first-order chi connectivity index (χ1) is 24.3. The van der Waals surface area contributed by atoms with Gasteiger partial charge in [-0.05, 0) is 97.6 Å². The zero-order valence-electron chi connectivity index (χ0n) is 28.3. The van der Waals surface area contributed by atoms with E-state index in [4.69, 9.17) is 35.6 Å². The highest BCUT2D eigenvalue weighted by Crippen LogP contribution is 2.63. The number of nitrogens with zero attached hydrogens (tertiary/aromatic N) is 1. The summed E-state index contributed by atoms with van der Waals surface area (Å²) < 4.78 is 18.2. The summed E-state index contributed by atoms with van der Waals surface area (Å²) in [5.74, 6) is 1.66. The quantitative estimate of drug-likeness (QED) is 0.157. The summed E-state index contributed by atoms with van der Waals surface area (Å²) >= 11 is 6.49. The SMILES string of the molecule is COc1ccc(/C=C/C(=O)N2CC(CCl)c3c2cc(NC(=O)OC2CCCC4(C2)OOC2(O4)C4CC5CC(C4)CC2C5)c2ccccc32)cc1. The number of alkyl halides is 1. The Labute approximate surface area is 297 Å². The number of benzene rings is 3. The Kier molecular flexibility index (Phi) is 8.10. The molecule has 2 amide bonds. The number of ether oxygens (including phenoxy) is 3. The molecule has 9 nitrogen and oxygen atoms in total. The van der Waals surface area contributed by atoms with Crippen LogP contribution in [0.3, 0.4) is 0 Å². The summed E-state index contributed by atoms with van der Waals surface area (Å²) in [5, 5.41) is 4.84. The maximum atomic E-state index is 13.6. The van der Waals surface area contributed by atoms with Crippen LogP contribution in [0.15, 0.2) is 60.7 Å². The van der Waals surface area contributed by atoms with Crippen molar-refractivity contribution >= 4 is 51.8 Å². The van der Waals surface area contributed by atoms with E-state index in [0.29, 0.717) is 36.4 Å². The molecule has 2 aliphatic heterocycles. The van der Waals surface area contributed by atoms with E-state index in [-0.39, 0.29) is 17.9 Å². The van der Waals surface area contributed by atoms with Crippen LogP contribution in [0.25, 0.3) is 16.8 Å². The van der Waals surface area contributed by atoms with Crippen molar-refractivity contribution in [3.05, 3.63) is 71.8 Å². The van der Waals surface area contributed by atoms with Gasteiger partial charge in [-0.15, -0.1) is 11.6 Å². The predicted molar refractivity (Wildman–Crippen MR) is 190 cm³/mol. The van der Waals surface area contributed by atoms with Gasteiger partial charge in [0.1, 0.15) is 11.9 Å². The number of hydrogen-bond acceptors (Lipinski definition) is 7. The number of anilines is 2. The van der Waals surface area contributed by atoms with Crippen molar-refractivity contribution in [2.45, 2.75) is 81.4 Å². The van der Waals surface area contributed by atoms with Gasteiger partial charge in [-0.1, -0.05) is 36.4 Å². The van der Waals surface area contributed by atoms with Crippen molar-refractivity contribution in [2.75, 3.05) is 29.8 Å². The van der Waals surface area contributed by atoms with Crippen LogP contribution in [0, 0.1) is 23.7 Å². The van der Waals surface area contributed by atoms with Crippen LogP contribution in [0.1, 0.15) is 74.8 Å². The van der Waals surface area contributed by atoms with E-state index in [1.165, 1.54) is 6.42 Å². The Morgan fingerprint density at radius 2 is 1.74 bits per heavy atom. The van der Waals surface area contributed by atoms with E-state index < -0.39 is 17.7 Å². The predicted octanol–water partition coefficient (Wildman–Crippen LogP) is 8.55. The van der Waals surface area contributed by atoms with Crippen LogP contribution < -0.4 is 15.0 Å². The third-order valence-corrected chi connectivity index (χ3v) is 12.6. The summed E-state index contributed by atoms with van der Waals surface area (Å²) in [5.41, 5.74) is 3.20. The topological polar surface area (TPSA) is 95.6 Å². The highest BCUT2D eigenvalue weighted by atomic mass is 35.5. The number of carbonyl (C=O) groups is 2. The number of hydrogen-bond donors (Lipinski definition) is 1. The van der Waals surface area contributed by atoms with Crippen molar-refractivity contribution < 1.29 is 33.6 Å². The molecule has 6 fully saturated rings. The number of fused-ring (bicyclic) bond motifs is 3. The summed E-state index contributed by atoms with van der Waals surface area (Å²) in [7, 11) is 1.62. The Morgan fingerprint density at radius 3 is 2.46 bits per heavy atom. The first-order valence-electron chi connectivity index (χ1n) is 18.1. The van der Waals surface area contributed by atoms with E-state index in [1.54, 1.807) is 24.2 Å². The van der Waals surface area contributed by atoms with Gasteiger partial charge in [-0.2, -0.15) is 9.78 Å². The molecule has 2 heterocycles. The average Bonchev–Trinajstić information content (AvgIpc) is 3.69. The van der Waals surface area contributed by atoms with Crippen molar-refractivity contribution in [2.24, 2.45) is 23.7 Å². The molecular weight excluding hydrogens is 656 g/mol. The summed E-state index contributed by atoms with van der Waals surface area (Å²) in [6.07, 6.45) is 11.0. The highest BCUT2D eigenvalue weighted by molar-refractivity contribution is 6.19. The molecule has 0 radical (unpaired) electrons. The molecule has 50 heavy (non-hydrogen) atoms. The summed E-state index contributed by atoms with van der Waals surface area (Å²) in [6, 6.07) is 17.3. The van der Waals surface area contributed by atoms with E-state index in [0.717, 1.165) is 90.1 Å². The van der Waals surface area contributed by atoms with Gasteiger partial charge in [0.2, 0.25) is 11.6 Å². The lowest BCUT2D eigenvalue weighted by molar-refractivity contribution is -0.390. The van der Waals surface area contributed by atoms with Gasteiger partial charge in [-0.3, -0.25) is 10.1 Å². The van der Waals surface area contributed by atoms with Gasteiger partial charge in [0, 0.05) is 54.5 Å². The smallest absolute Gasteiger partial charge is 0.411 e. The van der Waals surface area contributed by atoms with Gasteiger partial charge < -0.3 is 19.1 Å². The van der Waals surface area contributed by atoms with Crippen molar-refractivity contribution in [1.29, 1.82) is 0 Å². The van der Waals surface area contributed by atoms with E-state index in [1.807, 2.05) is 54.6 Å². The average molecular weight is 699 g/mol. The van der Waals surface area contributed by atoms with Gasteiger partial charge in [0.15, 0.2) is 0 Å². The molecular formula is C40H43ClN2O7. The Balaban J connectivity index is 0.927. The minimum absolute atomic E-state index is 0.0549. The number of rotatable bonds is 6. The normalized spacial score (nSPS) is 33.8. The van der Waals surface area contributed by atoms with Crippen LogP contribution in [0.2, 0.25) is 0 Å². The fraction of sp³-hybridized carbons (Fsp3) is 0.500. The molecule has 5 saturated carbocycles. The molecule has 262 valence electrons. The van der Waals surface area contributed by atoms with Gasteiger partial charge in [-0.25, -0.2) is 4.79 Å². The number of methoxy groups -OCH3 is 1. The zero-order chi connectivity index (χ0) is 34.0. The van der Waals surface area contributed by atoms with Crippen molar-refractivity contribution in [3.8, 4) is 5.75 Å². The van der Waals surface area contributed by atoms with Crippen molar-refractivity contribution in [1.82, 2.24) is 0 Å². The van der Waals surface area contributed by atoms with Crippen LogP contribution in [0.5, 0.6) is 5.75 Å². The molecule has 3 unspecified atom stereocenters. The number of nitrogens with one attached hydrogen (secondary N) is 1. The zero-order valence-corrected chi connectivity index (χ0v) is 29.0. The molecule has 1 N–H and O–H groups in total. The second-order valence-corrected chi connectivity index (χ2v) is 15.6. The third-order valence-electron chi connectivity index (χ3n) is 12.2. The number of carbonyl (C=O) groups excluding carboxylic acids is 2. The summed E-state index contributed by atoms with van der Waals surface area (Å²) in [6.45, 7) is 0.444. The van der Waals surface area contributed by atoms with Crippen molar-refractivity contribution in [3.63, 3.8) is 0 Å². The standard InChI is InChI=1S/C40H43ClN2O7/c1-46-30-11-8-24(9-12-30)10-13-36(44)43-23-27(22-41)37-33-7-3-2-6-32(33)34(20-35(37)43)42-38(45)47-31-5-4-14-39(21-31)48-40(50-49-39)28-16-25-15-26(18-28)19-29(40)17-25/h2-3,6-13,20,25-29,31H,4-5,14-19,21-23H2,1H3,(H,42,45)/b13-10+. The van der Waals surface area contributed by atoms with Gasteiger partial charge in [0.05, 0.1) is 18.5 Å². The molecule has 2 spiro atoms. The first kappa shape index (κ1) is 32.3. The molecule has 5 aliphatic carbocycles.